The zero-order valence-electron chi connectivity index (χ0n) is 25.7. The smallest absolute Gasteiger partial charge is 0.136 e. The predicted molar refractivity (Wildman–Crippen MR) is 199 cm³/mol. The molecule has 47 heavy (non-hydrogen) atoms. The highest BCUT2D eigenvalue weighted by atomic mass is 16.3. The summed E-state index contributed by atoms with van der Waals surface area (Å²) in [5, 5.41) is 9.87. The van der Waals surface area contributed by atoms with Gasteiger partial charge in [-0.3, -0.25) is 0 Å². The SMILES string of the molecule is C1=CC2C(c3ccccc3)=CC=C(c3c4ccccc4c(-c4cc5oc6ccccc6c5c5ccccc45)c4ccccc34)C2C=C1. The van der Waals surface area contributed by atoms with E-state index >= 15 is 0 Å². The molecule has 0 spiro atoms. The lowest BCUT2D eigenvalue weighted by Crippen LogP contribution is -2.19. The Kier molecular flexibility index (Phi) is 5.77. The van der Waals surface area contributed by atoms with Crippen LogP contribution in [0.5, 0.6) is 0 Å². The molecular formula is C46H30O. The molecule has 1 aromatic heterocycles. The van der Waals surface area contributed by atoms with E-state index in [0.29, 0.717) is 0 Å². The maximum atomic E-state index is 6.54. The molecule has 0 radical (unpaired) electrons. The molecule has 0 bridgehead atoms. The van der Waals surface area contributed by atoms with Crippen molar-refractivity contribution in [2.24, 2.45) is 11.8 Å². The van der Waals surface area contributed by atoms with Gasteiger partial charge in [0.25, 0.3) is 0 Å². The van der Waals surface area contributed by atoms with Crippen molar-refractivity contribution in [2.45, 2.75) is 0 Å². The first kappa shape index (κ1) is 26.3. The van der Waals surface area contributed by atoms with E-state index in [-0.39, 0.29) is 11.8 Å². The maximum Gasteiger partial charge on any atom is 0.136 e. The fraction of sp³-hybridized carbons (Fsp3) is 0.0435. The summed E-state index contributed by atoms with van der Waals surface area (Å²) < 4.78 is 6.54. The molecule has 2 unspecified atom stereocenters. The van der Waals surface area contributed by atoms with Crippen molar-refractivity contribution in [1.82, 2.24) is 0 Å². The van der Waals surface area contributed by atoms with Gasteiger partial charge in [0.2, 0.25) is 0 Å². The summed E-state index contributed by atoms with van der Waals surface area (Å²) in [4.78, 5) is 0. The molecule has 1 heterocycles. The quantitative estimate of drug-likeness (QED) is 0.184. The zero-order chi connectivity index (χ0) is 30.9. The first-order chi connectivity index (χ1) is 23.3. The van der Waals surface area contributed by atoms with Crippen LogP contribution in [0.15, 0.2) is 174 Å². The van der Waals surface area contributed by atoms with Crippen molar-refractivity contribution in [2.75, 3.05) is 0 Å². The van der Waals surface area contributed by atoms with Crippen molar-refractivity contribution in [1.29, 1.82) is 0 Å². The second-order valence-corrected chi connectivity index (χ2v) is 12.7. The summed E-state index contributed by atoms with van der Waals surface area (Å²) in [6.07, 6.45) is 13.9. The third-order valence-corrected chi connectivity index (χ3v) is 10.3. The minimum absolute atomic E-state index is 0.241. The van der Waals surface area contributed by atoms with Gasteiger partial charge in [-0.1, -0.05) is 158 Å². The topological polar surface area (TPSA) is 13.1 Å². The van der Waals surface area contributed by atoms with E-state index < -0.39 is 0 Å². The van der Waals surface area contributed by atoms with E-state index in [4.69, 9.17) is 4.42 Å². The van der Waals surface area contributed by atoms with Gasteiger partial charge in [0, 0.05) is 22.6 Å². The van der Waals surface area contributed by atoms with Gasteiger partial charge in [-0.05, 0) is 77.9 Å². The van der Waals surface area contributed by atoms with Gasteiger partial charge in [0.1, 0.15) is 11.2 Å². The minimum Gasteiger partial charge on any atom is -0.456 e. The molecule has 2 aliphatic carbocycles. The van der Waals surface area contributed by atoms with Gasteiger partial charge in [-0.15, -0.1) is 0 Å². The Morgan fingerprint density at radius 1 is 0.404 bits per heavy atom. The number of fused-ring (bicyclic) bond motifs is 8. The van der Waals surface area contributed by atoms with Gasteiger partial charge >= 0.3 is 0 Å². The van der Waals surface area contributed by atoms with Crippen LogP contribution in [0.2, 0.25) is 0 Å². The maximum absolute atomic E-state index is 6.54. The fourth-order valence-electron chi connectivity index (χ4n) is 8.30. The molecular weight excluding hydrogens is 569 g/mol. The van der Waals surface area contributed by atoms with Crippen LogP contribution in [-0.2, 0) is 0 Å². The van der Waals surface area contributed by atoms with Crippen LogP contribution >= 0.6 is 0 Å². The number of para-hydroxylation sites is 1. The highest BCUT2D eigenvalue weighted by Gasteiger charge is 2.32. The number of rotatable bonds is 3. The molecule has 0 saturated carbocycles. The van der Waals surface area contributed by atoms with Gasteiger partial charge in [0.15, 0.2) is 0 Å². The van der Waals surface area contributed by atoms with E-state index in [0.717, 1.165) is 16.6 Å². The number of benzene rings is 7. The largest absolute Gasteiger partial charge is 0.456 e. The van der Waals surface area contributed by atoms with Gasteiger partial charge in [-0.25, -0.2) is 0 Å². The lowest BCUT2D eigenvalue weighted by atomic mass is 9.70. The Bertz CT molecular complexity index is 2620. The van der Waals surface area contributed by atoms with Crippen LogP contribution in [0.1, 0.15) is 11.1 Å². The zero-order valence-corrected chi connectivity index (χ0v) is 25.7. The highest BCUT2D eigenvalue weighted by Crippen LogP contribution is 2.51. The van der Waals surface area contributed by atoms with E-state index in [2.05, 4.69) is 164 Å². The molecule has 0 saturated heterocycles. The molecule has 0 aliphatic heterocycles. The van der Waals surface area contributed by atoms with Crippen molar-refractivity contribution in [3.63, 3.8) is 0 Å². The normalized spacial score (nSPS) is 17.4. The molecule has 2 atom stereocenters. The Balaban J connectivity index is 1.30. The predicted octanol–water partition coefficient (Wildman–Crippen LogP) is 12.6. The number of hydrogen-bond donors (Lipinski definition) is 0. The van der Waals surface area contributed by atoms with Crippen molar-refractivity contribution >= 4 is 65.4 Å². The third kappa shape index (κ3) is 3.90. The average molecular weight is 599 g/mol. The average Bonchev–Trinajstić information content (AvgIpc) is 3.52. The number of hydrogen-bond acceptors (Lipinski definition) is 1. The summed E-state index contributed by atoms with van der Waals surface area (Å²) in [5.74, 6) is 0.518. The summed E-state index contributed by atoms with van der Waals surface area (Å²) in [5.41, 5.74) is 9.66. The van der Waals surface area contributed by atoms with E-state index in [1.807, 2.05) is 6.07 Å². The van der Waals surface area contributed by atoms with Crippen molar-refractivity contribution in [3.05, 3.63) is 181 Å². The van der Waals surface area contributed by atoms with Crippen LogP contribution in [0, 0.1) is 11.8 Å². The van der Waals surface area contributed by atoms with Crippen molar-refractivity contribution in [3.8, 4) is 11.1 Å². The Morgan fingerprint density at radius 3 is 1.60 bits per heavy atom. The van der Waals surface area contributed by atoms with E-state index in [1.165, 1.54) is 71.1 Å². The fourth-order valence-corrected chi connectivity index (χ4v) is 8.30. The second kappa shape index (κ2) is 10.3. The van der Waals surface area contributed by atoms with Crippen LogP contribution in [0.4, 0.5) is 0 Å². The van der Waals surface area contributed by atoms with Gasteiger partial charge < -0.3 is 4.42 Å². The lowest BCUT2D eigenvalue weighted by Gasteiger charge is -2.33. The molecule has 220 valence electrons. The van der Waals surface area contributed by atoms with Crippen LogP contribution in [0.25, 0.3) is 76.5 Å². The summed E-state index contributed by atoms with van der Waals surface area (Å²) in [7, 11) is 0. The summed E-state index contributed by atoms with van der Waals surface area (Å²) in [6.45, 7) is 0. The number of allylic oxidation sites excluding steroid dienone is 8. The molecule has 1 nitrogen and oxygen atoms in total. The Morgan fingerprint density at radius 2 is 0.915 bits per heavy atom. The Labute approximate surface area is 273 Å². The van der Waals surface area contributed by atoms with E-state index in [9.17, 15) is 0 Å². The summed E-state index contributed by atoms with van der Waals surface area (Å²) in [6, 6.07) is 48.3. The van der Waals surface area contributed by atoms with Crippen LogP contribution in [0.3, 0.4) is 0 Å². The lowest BCUT2D eigenvalue weighted by molar-refractivity contribution is 0.669. The first-order valence-corrected chi connectivity index (χ1v) is 16.4. The molecule has 10 rings (SSSR count). The molecule has 2 aliphatic rings. The first-order valence-electron chi connectivity index (χ1n) is 16.4. The second-order valence-electron chi connectivity index (χ2n) is 12.7. The van der Waals surface area contributed by atoms with Gasteiger partial charge in [-0.2, -0.15) is 0 Å². The minimum atomic E-state index is 0.241. The van der Waals surface area contributed by atoms with Gasteiger partial charge in [0.05, 0.1) is 0 Å². The molecule has 7 aromatic carbocycles. The molecule has 0 N–H and O–H groups in total. The molecule has 0 amide bonds. The molecule has 0 fully saturated rings. The number of furan rings is 1. The molecule has 8 aromatic rings. The summed E-state index contributed by atoms with van der Waals surface area (Å²) >= 11 is 0. The van der Waals surface area contributed by atoms with Crippen LogP contribution in [-0.4, -0.2) is 0 Å². The Hall–Kier alpha value is -5.92. The van der Waals surface area contributed by atoms with E-state index in [1.54, 1.807) is 0 Å². The van der Waals surface area contributed by atoms with Crippen LogP contribution < -0.4 is 0 Å². The molecule has 1 heteroatoms. The standard InChI is InChI=1S/C46H30O/c1-2-14-29(15-3-1)30-26-27-39(32-17-5-4-16-31(30)32)44-35-20-8-10-22-37(35)45(38-23-11-9-21-36(38)44)41-28-43-46(34-19-7-6-18-33(34)41)40-24-12-13-25-42(40)47-43/h1-28,31-32H. The monoisotopic (exact) mass is 598 g/mol. The van der Waals surface area contributed by atoms with Crippen molar-refractivity contribution < 1.29 is 4.42 Å². The third-order valence-electron chi connectivity index (χ3n) is 10.3. The highest BCUT2D eigenvalue weighted by molar-refractivity contribution is 6.27.